The van der Waals surface area contributed by atoms with Gasteiger partial charge in [0, 0.05) is 12.6 Å². The van der Waals surface area contributed by atoms with Crippen molar-refractivity contribution in [1.29, 1.82) is 0 Å². The Morgan fingerprint density at radius 1 is 1.35 bits per heavy atom. The van der Waals surface area contributed by atoms with Gasteiger partial charge in [-0.25, -0.2) is 0 Å². The van der Waals surface area contributed by atoms with Gasteiger partial charge in [-0.1, -0.05) is 26.7 Å². The van der Waals surface area contributed by atoms with E-state index in [0.717, 1.165) is 19.1 Å². The van der Waals surface area contributed by atoms with E-state index >= 15 is 0 Å². The molecule has 1 saturated heterocycles. The first kappa shape index (κ1) is 15.0. The second-order valence-corrected chi connectivity index (χ2v) is 5.76. The first-order chi connectivity index (χ1) is 8.22. The summed E-state index contributed by atoms with van der Waals surface area (Å²) in [6.45, 7) is 9.08. The van der Waals surface area contributed by atoms with E-state index in [1.807, 2.05) is 0 Å². The van der Waals surface area contributed by atoms with Crippen molar-refractivity contribution in [2.75, 3.05) is 13.2 Å². The lowest BCUT2D eigenvalue weighted by atomic mass is 9.95. The molecule has 1 aliphatic rings. The normalized spacial score (nSPS) is 23.8. The monoisotopic (exact) mass is 241 g/mol. The Hall–Kier alpha value is -0.0800. The number of ether oxygens (including phenoxy) is 1. The molecule has 0 saturated carbocycles. The van der Waals surface area contributed by atoms with E-state index in [1.54, 1.807) is 0 Å². The van der Waals surface area contributed by atoms with Crippen LogP contribution in [0.3, 0.4) is 0 Å². The minimum atomic E-state index is 0.581. The number of hydrogen-bond acceptors (Lipinski definition) is 2. The second kappa shape index (κ2) is 8.93. The molecule has 0 amide bonds. The first-order valence-electron chi connectivity index (χ1n) is 7.57. The van der Waals surface area contributed by atoms with Gasteiger partial charge in [0.15, 0.2) is 0 Å². The fraction of sp³-hybridized carbons (Fsp3) is 1.00. The van der Waals surface area contributed by atoms with Crippen LogP contribution in [0, 0.1) is 5.92 Å². The summed E-state index contributed by atoms with van der Waals surface area (Å²) in [6, 6.07) is 0.674. The molecular formula is C15H31NO. The van der Waals surface area contributed by atoms with Gasteiger partial charge < -0.3 is 10.1 Å². The predicted molar refractivity (Wildman–Crippen MR) is 74.4 cm³/mol. The smallest absolute Gasteiger partial charge is 0.0576 e. The Morgan fingerprint density at radius 2 is 2.18 bits per heavy atom. The van der Waals surface area contributed by atoms with E-state index in [1.165, 1.54) is 44.9 Å². The summed E-state index contributed by atoms with van der Waals surface area (Å²) in [5, 5.41) is 3.57. The van der Waals surface area contributed by atoms with Crippen LogP contribution in [0.4, 0.5) is 0 Å². The SMILES string of the molecule is CCCNC(C)CC(C)CCCC1CCCO1. The van der Waals surface area contributed by atoms with Crippen molar-refractivity contribution >= 4 is 0 Å². The standard InChI is InChI=1S/C15H31NO/c1-4-10-16-14(3)12-13(2)7-5-8-15-9-6-11-17-15/h13-16H,4-12H2,1-3H3. The lowest BCUT2D eigenvalue weighted by Crippen LogP contribution is -2.28. The summed E-state index contributed by atoms with van der Waals surface area (Å²) in [5.74, 6) is 0.843. The van der Waals surface area contributed by atoms with E-state index in [-0.39, 0.29) is 0 Å². The molecule has 2 nitrogen and oxygen atoms in total. The summed E-state index contributed by atoms with van der Waals surface area (Å²) >= 11 is 0. The largest absolute Gasteiger partial charge is 0.378 e. The van der Waals surface area contributed by atoms with Crippen molar-refractivity contribution in [3.05, 3.63) is 0 Å². The van der Waals surface area contributed by atoms with Crippen molar-refractivity contribution in [3.8, 4) is 0 Å². The van der Waals surface area contributed by atoms with Crippen molar-refractivity contribution in [3.63, 3.8) is 0 Å². The highest BCUT2D eigenvalue weighted by Crippen LogP contribution is 2.20. The average molecular weight is 241 g/mol. The van der Waals surface area contributed by atoms with Crippen LogP contribution >= 0.6 is 0 Å². The third kappa shape index (κ3) is 7.05. The molecule has 1 fully saturated rings. The Balaban J connectivity index is 1.97. The van der Waals surface area contributed by atoms with Crippen LogP contribution in [0.2, 0.25) is 0 Å². The molecule has 3 atom stereocenters. The Labute approximate surface area is 108 Å². The van der Waals surface area contributed by atoms with Crippen LogP contribution in [0.5, 0.6) is 0 Å². The van der Waals surface area contributed by atoms with Gasteiger partial charge in [0.2, 0.25) is 0 Å². The second-order valence-electron chi connectivity index (χ2n) is 5.76. The molecule has 0 spiro atoms. The van der Waals surface area contributed by atoms with Gasteiger partial charge in [0.05, 0.1) is 6.10 Å². The van der Waals surface area contributed by atoms with Gasteiger partial charge in [0.1, 0.15) is 0 Å². The summed E-state index contributed by atoms with van der Waals surface area (Å²) in [5.41, 5.74) is 0. The zero-order chi connectivity index (χ0) is 12.5. The lowest BCUT2D eigenvalue weighted by Gasteiger charge is -2.19. The fourth-order valence-electron chi connectivity index (χ4n) is 2.76. The maximum absolute atomic E-state index is 5.66. The van der Waals surface area contributed by atoms with Crippen LogP contribution < -0.4 is 5.32 Å². The van der Waals surface area contributed by atoms with Crippen LogP contribution in [-0.4, -0.2) is 25.3 Å². The molecule has 0 aromatic carbocycles. The lowest BCUT2D eigenvalue weighted by molar-refractivity contribution is 0.101. The minimum Gasteiger partial charge on any atom is -0.378 e. The highest BCUT2D eigenvalue weighted by atomic mass is 16.5. The van der Waals surface area contributed by atoms with Gasteiger partial charge in [-0.3, -0.25) is 0 Å². The molecule has 1 heterocycles. The van der Waals surface area contributed by atoms with E-state index in [9.17, 15) is 0 Å². The van der Waals surface area contributed by atoms with Gasteiger partial charge in [-0.2, -0.15) is 0 Å². The highest BCUT2D eigenvalue weighted by Gasteiger charge is 2.15. The molecule has 17 heavy (non-hydrogen) atoms. The first-order valence-corrected chi connectivity index (χ1v) is 7.57. The van der Waals surface area contributed by atoms with E-state index in [4.69, 9.17) is 4.74 Å². The Bertz CT molecular complexity index is 178. The summed E-state index contributed by atoms with van der Waals surface area (Å²) in [6.07, 6.45) is 9.67. The molecule has 102 valence electrons. The maximum Gasteiger partial charge on any atom is 0.0576 e. The zero-order valence-electron chi connectivity index (χ0n) is 12.0. The molecule has 0 aromatic heterocycles. The van der Waals surface area contributed by atoms with Gasteiger partial charge in [-0.05, 0) is 51.5 Å². The molecule has 0 radical (unpaired) electrons. The Morgan fingerprint density at radius 3 is 2.82 bits per heavy atom. The fourth-order valence-corrected chi connectivity index (χ4v) is 2.76. The zero-order valence-corrected chi connectivity index (χ0v) is 12.0. The predicted octanol–water partition coefficient (Wildman–Crippen LogP) is 3.75. The molecule has 0 aliphatic carbocycles. The van der Waals surface area contributed by atoms with Crippen LogP contribution in [0.25, 0.3) is 0 Å². The quantitative estimate of drug-likeness (QED) is 0.664. The van der Waals surface area contributed by atoms with E-state index < -0.39 is 0 Å². The number of nitrogens with one attached hydrogen (secondary N) is 1. The molecule has 2 heteroatoms. The van der Waals surface area contributed by atoms with Crippen molar-refractivity contribution < 1.29 is 4.74 Å². The molecule has 0 aromatic rings. The summed E-state index contributed by atoms with van der Waals surface area (Å²) in [4.78, 5) is 0. The minimum absolute atomic E-state index is 0.581. The van der Waals surface area contributed by atoms with E-state index in [0.29, 0.717) is 12.1 Å². The topological polar surface area (TPSA) is 21.3 Å². The average Bonchev–Trinajstić information content (AvgIpc) is 2.79. The van der Waals surface area contributed by atoms with E-state index in [2.05, 4.69) is 26.1 Å². The molecule has 1 N–H and O–H groups in total. The number of hydrogen-bond donors (Lipinski definition) is 1. The molecule has 3 unspecified atom stereocenters. The highest BCUT2D eigenvalue weighted by molar-refractivity contribution is 4.68. The maximum atomic E-state index is 5.66. The summed E-state index contributed by atoms with van der Waals surface area (Å²) < 4.78 is 5.66. The molecular weight excluding hydrogens is 210 g/mol. The Kier molecular flexibility index (Phi) is 7.87. The van der Waals surface area contributed by atoms with Gasteiger partial charge in [-0.15, -0.1) is 0 Å². The van der Waals surface area contributed by atoms with Crippen molar-refractivity contribution in [2.45, 2.75) is 77.9 Å². The van der Waals surface area contributed by atoms with Crippen molar-refractivity contribution in [1.82, 2.24) is 5.32 Å². The molecule has 1 rings (SSSR count). The van der Waals surface area contributed by atoms with Crippen molar-refractivity contribution in [2.24, 2.45) is 5.92 Å². The molecule has 0 bridgehead atoms. The van der Waals surface area contributed by atoms with Crippen LogP contribution in [0.1, 0.15) is 65.7 Å². The third-order valence-corrected chi connectivity index (χ3v) is 3.75. The van der Waals surface area contributed by atoms with Crippen LogP contribution in [0.15, 0.2) is 0 Å². The summed E-state index contributed by atoms with van der Waals surface area (Å²) in [7, 11) is 0. The van der Waals surface area contributed by atoms with Crippen LogP contribution in [-0.2, 0) is 4.74 Å². The number of rotatable bonds is 9. The molecule has 1 aliphatic heterocycles. The van der Waals surface area contributed by atoms with Gasteiger partial charge >= 0.3 is 0 Å². The van der Waals surface area contributed by atoms with Gasteiger partial charge in [0.25, 0.3) is 0 Å². The third-order valence-electron chi connectivity index (χ3n) is 3.75.